The van der Waals surface area contributed by atoms with Crippen LogP contribution in [0.25, 0.3) is 21.9 Å². The Kier molecular flexibility index (Phi) is 11.7. The fourth-order valence-corrected chi connectivity index (χ4v) is 5.61. The van der Waals surface area contributed by atoms with E-state index < -0.39 is 23.6 Å². The van der Waals surface area contributed by atoms with Crippen LogP contribution < -0.4 is 19.9 Å². The summed E-state index contributed by atoms with van der Waals surface area (Å²) in [5, 5.41) is 11.1. The van der Waals surface area contributed by atoms with Crippen LogP contribution in [-0.2, 0) is 11.2 Å². The number of hydrogen-bond donors (Lipinski definition) is 2. The van der Waals surface area contributed by atoms with E-state index in [0.717, 1.165) is 27.5 Å². The quantitative estimate of drug-likeness (QED) is 0.182. The second-order valence-corrected chi connectivity index (χ2v) is 11.3. The number of primary amides is 1. The van der Waals surface area contributed by atoms with Crippen molar-refractivity contribution in [2.24, 2.45) is 5.73 Å². The SMILES string of the molecule is COc1cc(OC)c(-c2cccc3c(CCC(=O)O)cccc23)c(OCCN2CCC(F)(F)CC2)c1.Cc1cccc(F)c1C(N)=O. The highest BCUT2D eigenvalue weighted by Crippen LogP contribution is 2.45. The molecule has 1 aliphatic heterocycles. The van der Waals surface area contributed by atoms with Gasteiger partial charge in [0, 0.05) is 51.0 Å². The van der Waals surface area contributed by atoms with Crippen LogP contribution in [0.3, 0.4) is 0 Å². The number of halogens is 3. The van der Waals surface area contributed by atoms with Gasteiger partial charge < -0.3 is 25.1 Å². The van der Waals surface area contributed by atoms with Crippen molar-refractivity contribution in [3.8, 4) is 28.4 Å². The Morgan fingerprint density at radius 1 is 0.936 bits per heavy atom. The lowest BCUT2D eigenvalue weighted by Gasteiger charge is -2.31. The van der Waals surface area contributed by atoms with Gasteiger partial charge in [-0.15, -0.1) is 0 Å². The summed E-state index contributed by atoms with van der Waals surface area (Å²) in [7, 11) is 3.15. The van der Waals surface area contributed by atoms with Crippen LogP contribution in [0.1, 0.15) is 40.7 Å². The summed E-state index contributed by atoms with van der Waals surface area (Å²) in [5.74, 6) is -2.98. The number of nitrogens with zero attached hydrogens (tertiary/aromatic N) is 1. The molecular weight excluding hydrogens is 613 g/mol. The highest BCUT2D eigenvalue weighted by Gasteiger charge is 2.33. The molecule has 0 saturated carbocycles. The van der Waals surface area contributed by atoms with Gasteiger partial charge in [0.25, 0.3) is 11.8 Å². The van der Waals surface area contributed by atoms with Crippen molar-refractivity contribution in [3.05, 3.63) is 89.2 Å². The average Bonchev–Trinajstić information content (AvgIpc) is 3.04. The van der Waals surface area contributed by atoms with Gasteiger partial charge in [-0.1, -0.05) is 48.5 Å². The molecule has 11 heteroatoms. The molecule has 8 nitrogen and oxygen atoms in total. The molecule has 0 atom stereocenters. The zero-order chi connectivity index (χ0) is 34.1. The van der Waals surface area contributed by atoms with Crippen LogP contribution in [-0.4, -0.2) is 68.3 Å². The van der Waals surface area contributed by atoms with E-state index in [0.29, 0.717) is 55.5 Å². The van der Waals surface area contributed by atoms with Crippen molar-refractivity contribution in [1.29, 1.82) is 0 Å². The second kappa shape index (κ2) is 15.7. The van der Waals surface area contributed by atoms with Gasteiger partial charge in [-0.2, -0.15) is 0 Å². The Balaban J connectivity index is 0.000000385. The Hall–Kier alpha value is -4.77. The summed E-state index contributed by atoms with van der Waals surface area (Å²) < 4.78 is 57.2. The molecule has 1 amide bonds. The van der Waals surface area contributed by atoms with Crippen LogP contribution >= 0.6 is 0 Å². The average molecular weight is 653 g/mol. The van der Waals surface area contributed by atoms with Gasteiger partial charge in [-0.05, 0) is 46.9 Å². The molecule has 0 radical (unpaired) electrons. The summed E-state index contributed by atoms with van der Waals surface area (Å²) in [6.45, 7) is 3.18. The first kappa shape index (κ1) is 35.1. The van der Waals surface area contributed by atoms with Crippen molar-refractivity contribution in [3.63, 3.8) is 0 Å². The number of ether oxygens (including phenoxy) is 3. The molecule has 0 bridgehead atoms. The molecular formula is C36H39F3N2O6. The van der Waals surface area contributed by atoms with E-state index in [-0.39, 0.29) is 24.8 Å². The third kappa shape index (κ3) is 8.94. The van der Waals surface area contributed by atoms with Crippen LogP contribution in [0, 0.1) is 12.7 Å². The minimum atomic E-state index is -2.58. The van der Waals surface area contributed by atoms with Crippen LogP contribution in [0.15, 0.2) is 66.7 Å². The normalized spacial score (nSPS) is 14.2. The lowest BCUT2D eigenvalue weighted by molar-refractivity contribution is -0.136. The number of carboxylic acid groups (broad SMARTS) is 1. The minimum absolute atomic E-state index is 0.0208. The lowest BCUT2D eigenvalue weighted by Crippen LogP contribution is -2.41. The predicted molar refractivity (Wildman–Crippen MR) is 174 cm³/mol. The van der Waals surface area contributed by atoms with E-state index in [9.17, 15) is 22.8 Å². The molecule has 5 rings (SSSR count). The van der Waals surface area contributed by atoms with Crippen LogP contribution in [0.2, 0.25) is 0 Å². The molecule has 1 aliphatic rings. The molecule has 4 aromatic rings. The summed E-state index contributed by atoms with van der Waals surface area (Å²) >= 11 is 0. The molecule has 0 aliphatic carbocycles. The molecule has 250 valence electrons. The maximum Gasteiger partial charge on any atom is 0.303 e. The maximum atomic E-state index is 13.5. The number of alkyl halides is 2. The van der Waals surface area contributed by atoms with Gasteiger partial charge in [0.2, 0.25) is 0 Å². The third-order valence-electron chi connectivity index (χ3n) is 8.11. The fourth-order valence-electron chi connectivity index (χ4n) is 5.61. The molecule has 47 heavy (non-hydrogen) atoms. The van der Waals surface area contributed by atoms with Crippen molar-refractivity contribution in [1.82, 2.24) is 4.90 Å². The topological polar surface area (TPSA) is 111 Å². The number of fused-ring (bicyclic) bond motifs is 1. The van der Waals surface area contributed by atoms with Crippen LogP contribution in [0.4, 0.5) is 13.2 Å². The largest absolute Gasteiger partial charge is 0.496 e. The second-order valence-electron chi connectivity index (χ2n) is 11.3. The number of nitrogens with two attached hydrogens (primary N) is 1. The van der Waals surface area contributed by atoms with Gasteiger partial charge in [0.05, 0.1) is 25.3 Å². The number of carbonyl (C=O) groups excluding carboxylic acids is 1. The fraction of sp³-hybridized carbons (Fsp3) is 0.333. The van der Waals surface area contributed by atoms with E-state index in [4.69, 9.17) is 25.1 Å². The van der Waals surface area contributed by atoms with Crippen molar-refractivity contribution in [2.45, 2.75) is 38.5 Å². The van der Waals surface area contributed by atoms with Gasteiger partial charge >= 0.3 is 5.97 Å². The summed E-state index contributed by atoms with van der Waals surface area (Å²) in [6.07, 6.45) is 0.205. The first-order valence-electron chi connectivity index (χ1n) is 15.2. The highest BCUT2D eigenvalue weighted by atomic mass is 19.3. The minimum Gasteiger partial charge on any atom is -0.496 e. The molecule has 4 aromatic carbocycles. The van der Waals surface area contributed by atoms with Gasteiger partial charge in [0.15, 0.2) is 0 Å². The third-order valence-corrected chi connectivity index (χ3v) is 8.11. The van der Waals surface area contributed by atoms with Gasteiger partial charge in [0.1, 0.15) is 29.7 Å². The summed E-state index contributed by atoms with van der Waals surface area (Å²) in [5.41, 5.74) is 8.08. The Bertz CT molecular complexity index is 1700. The van der Waals surface area contributed by atoms with E-state index in [1.54, 1.807) is 39.3 Å². The van der Waals surface area contributed by atoms with E-state index in [2.05, 4.69) is 0 Å². The first-order chi connectivity index (χ1) is 22.4. The highest BCUT2D eigenvalue weighted by molar-refractivity contribution is 6.01. The number of piperidine rings is 1. The molecule has 1 fully saturated rings. The smallest absolute Gasteiger partial charge is 0.303 e. The predicted octanol–water partition coefficient (Wildman–Crippen LogP) is 6.88. The first-order valence-corrected chi connectivity index (χ1v) is 15.2. The zero-order valence-corrected chi connectivity index (χ0v) is 26.7. The van der Waals surface area contributed by atoms with E-state index >= 15 is 0 Å². The van der Waals surface area contributed by atoms with Gasteiger partial charge in [-0.25, -0.2) is 13.2 Å². The standard InChI is InChI=1S/C28H31F2NO5.C8H8FNO/c1-34-20-17-24(35-2)27(25(18-20)36-16-15-31-13-11-28(29,30)12-14-31)23-8-4-6-21-19(9-10-26(32)33)5-3-7-22(21)23;1-5-3-2-4-6(9)7(5)8(10)11/h3-8,17-18H,9-16H2,1-2H3,(H,32,33);2-4H,1H3,(H2,10,11). The number of likely N-dealkylation sites (tertiary alicyclic amines) is 1. The molecule has 1 saturated heterocycles. The number of rotatable bonds is 11. The van der Waals surface area contributed by atoms with Crippen LogP contribution in [0.5, 0.6) is 17.2 Å². The molecule has 0 unspecified atom stereocenters. The summed E-state index contributed by atoms with van der Waals surface area (Å²) in [4.78, 5) is 23.8. The molecule has 0 aromatic heterocycles. The number of aryl methyl sites for hydroxylation is 2. The summed E-state index contributed by atoms with van der Waals surface area (Å²) in [6, 6.07) is 19.8. The number of methoxy groups -OCH3 is 2. The number of carbonyl (C=O) groups is 2. The van der Waals surface area contributed by atoms with E-state index in [1.165, 1.54) is 12.1 Å². The number of benzene rings is 4. The maximum absolute atomic E-state index is 13.5. The number of aliphatic carboxylic acids is 1. The lowest BCUT2D eigenvalue weighted by atomic mass is 9.93. The monoisotopic (exact) mass is 652 g/mol. The molecule has 3 N–H and O–H groups in total. The van der Waals surface area contributed by atoms with Crippen molar-refractivity contribution < 1.29 is 42.1 Å². The Labute approximate surface area is 271 Å². The van der Waals surface area contributed by atoms with Crippen molar-refractivity contribution in [2.75, 3.05) is 40.5 Å². The number of hydrogen-bond acceptors (Lipinski definition) is 6. The molecule has 0 spiro atoms. The van der Waals surface area contributed by atoms with Crippen molar-refractivity contribution >= 4 is 22.6 Å². The Morgan fingerprint density at radius 2 is 1.60 bits per heavy atom. The number of carboxylic acids is 1. The molecule has 1 heterocycles. The zero-order valence-electron chi connectivity index (χ0n) is 26.7. The van der Waals surface area contributed by atoms with E-state index in [1.807, 2.05) is 41.3 Å². The number of amides is 1. The van der Waals surface area contributed by atoms with Gasteiger partial charge in [-0.3, -0.25) is 14.5 Å². The Morgan fingerprint density at radius 3 is 2.21 bits per heavy atom.